The minimum Gasteiger partial charge on any atom is -0.352 e. The second-order valence-corrected chi connectivity index (χ2v) is 5.30. The molecule has 0 radical (unpaired) electrons. The maximum Gasteiger partial charge on any atom is 0.220 e. The van der Waals surface area contributed by atoms with Crippen LogP contribution in [0.15, 0.2) is 0 Å². The lowest BCUT2D eigenvalue weighted by Crippen LogP contribution is -2.44. The third-order valence-electron chi connectivity index (χ3n) is 3.94. The van der Waals surface area contributed by atoms with Crippen LogP contribution in [0.4, 0.5) is 0 Å². The Balaban J connectivity index is 1.71. The first kappa shape index (κ1) is 11.9. The largest absolute Gasteiger partial charge is 0.352 e. The minimum atomic E-state index is 0.218. The summed E-state index contributed by atoms with van der Waals surface area (Å²) in [7, 11) is 0. The summed E-state index contributed by atoms with van der Waals surface area (Å²) >= 11 is 0. The first-order valence-corrected chi connectivity index (χ1v) is 6.42. The van der Waals surface area contributed by atoms with Gasteiger partial charge in [-0.2, -0.15) is 0 Å². The number of likely N-dealkylation sites (tertiary alicyclic amines) is 1. The summed E-state index contributed by atoms with van der Waals surface area (Å²) < 4.78 is 0. The summed E-state index contributed by atoms with van der Waals surface area (Å²) in [6.07, 6.45) is 4.13. The molecule has 0 bridgehead atoms. The Kier molecular flexibility index (Phi) is 3.82. The summed E-state index contributed by atoms with van der Waals surface area (Å²) in [6, 6.07) is 0.715. The molecule has 0 aliphatic carbocycles. The molecule has 0 saturated carbocycles. The molecule has 2 aliphatic heterocycles. The number of rotatable bonds is 3. The van der Waals surface area contributed by atoms with E-state index >= 15 is 0 Å². The number of amides is 1. The number of hydrogen-bond donors (Lipinski definition) is 2. The molecule has 4 heteroatoms. The molecule has 4 nitrogen and oxygen atoms in total. The van der Waals surface area contributed by atoms with E-state index < -0.39 is 0 Å². The zero-order chi connectivity index (χ0) is 11.5. The van der Waals surface area contributed by atoms with Crippen molar-refractivity contribution in [1.82, 2.24) is 10.2 Å². The van der Waals surface area contributed by atoms with E-state index in [9.17, 15) is 4.79 Å². The Labute approximate surface area is 97.6 Å². The number of nitrogens with zero attached hydrogens (tertiary/aromatic N) is 1. The van der Waals surface area contributed by atoms with Crippen LogP contribution < -0.4 is 11.1 Å². The summed E-state index contributed by atoms with van der Waals surface area (Å²) in [6.45, 7) is 5.41. The predicted molar refractivity (Wildman–Crippen MR) is 64.0 cm³/mol. The average Bonchev–Trinajstić information content (AvgIpc) is 2.65. The topological polar surface area (TPSA) is 58.4 Å². The molecule has 2 unspecified atom stereocenters. The summed E-state index contributed by atoms with van der Waals surface area (Å²) in [5.74, 6) is 0.907. The van der Waals surface area contributed by atoms with E-state index in [1.165, 1.54) is 12.8 Å². The third kappa shape index (κ3) is 2.95. The molecule has 0 aromatic heterocycles. The maximum absolute atomic E-state index is 11.1. The first-order valence-electron chi connectivity index (χ1n) is 6.42. The van der Waals surface area contributed by atoms with Crippen LogP contribution in [0, 0.1) is 5.92 Å². The molecular weight excluding hydrogens is 202 g/mol. The van der Waals surface area contributed by atoms with Gasteiger partial charge in [-0.1, -0.05) is 0 Å². The van der Waals surface area contributed by atoms with Crippen LogP contribution in [-0.2, 0) is 4.79 Å². The van der Waals surface area contributed by atoms with Crippen LogP contribution in [-0.4, -0.2) is 42.5 Å². The summed E-state index contributed by atoms with van der Waals surface area (Å²) in [5.41, 5.74) is 5.92. The lowest BCUT2D eigenvalue weighted by molar-refractivity contribution is -0.119. The van der Waals surface area contributed by atoms with Crippen molar-refractivity contribution in [1.29, 1.82) is 0 Å². The highest BCUT2D eigenvalue weighted by Crippen LogP contribution is 2.20. The van der Waals surface area contributed by atoms with Gasteiger partial charge in [0.1, 0.15) is 0 Å². The Morgan fingerprint density at radius 2 is 2.12 bits per heavy atom. The molecule has 2 heterocycles. The van der Waals surface area contributed by atoms with Gasteiger partial charge in [0, 0.05) is 25.0 Å². The maximum atomic E-state index is 11.1. The summed E-state index contributed by atoms with van der Waals surface area (Å²) in [4.78, 5) is 13.6. The number of carbonyl (C=O) groups excluding carboxylic acids is 1. The molecule has 3 N–H and O–H groups in total. The molecule has 0 aromatic rings. The second-order valence-electron chi connectivity index (χ2n) is 5.30. The fourth-order valence-electron chi connectivity index (χ4n) is 2.79. The molecule has 2 rings (SSSR count). The molecule has 0 aromatic carbocycles. The van der Waals surface area contributed by atoms with Crippen molar-refractivity contribution < 1.29 is 4.79 Å². The van der Waals surface area contributed by atoms with Crippen LogP contribution in [0.5, 0.6) is 0 Å². The Morgan fingerprint density at radius 1 is 1.44 bits per heavy atom. The van der Waals surface area contributed by atoms with Crippen molar-refractivity contribution in [2.45, 2.75) is 44.7 Å². The van der Waals surface area contributed by atoms with Crippen LogP contribution in [0.25, 0.3) is 0 Å². The van der Waals surface area contributed by atoms with E-state index in [2.05, 4.69) is 17.1 Å². The predicted octanol–water partition coefficient (Wildman–Crippen LogP) is 0.324. The number of nitrogens with one attached hydrogen (secondary N) is 1. The number of piperidine rings is 1. The van der Waals surface area contributed by atoms with Gasteiger partial charge in [-0.25, -0.2) is 0 Å². The molecule has 2 fully saturated rings. The van der Waals surface area contributed by atoms with Crippen LogP contribution in [0.1, 0.15) is 32.6 Å². The quantitative estimate of drug-likeness (QED) is 0.727. The highest BCUT2D eigenvalue weighted by atomic mass is 16.1. The van der Waals surface area contributed by atoms with Gasteiger partial charge in [-0.3, -0.25) is 4.79 Å². The standard InChI is InChI=1S/C12H23N3O/c1-9(13)10-4-6-15(7-5-10)8-11-2-3-12(16)14-11/h9-11H,2-8,13H2,1H3,(H,14,16). The van der Waals surface area contributed by atoms with E-state index in [-0.39, 0.29) is 5.91 Å². The molecule has 2 saturated heterocycles. The minimum absolute atomic E-state index is 0.218. The molecule has 1 amide bonds. The molecule has 16 heavy (non-hydrogen) atoms. The highest BCUT2D eigenvalue weighted by Gasteiger charge is 2.26. The normalized spacial score (nSPS) is 30.4. The lowest BCUT2D eigenvalue weighted by atomic mass is 9.91. The SMILES string of the molecule is CC(N)C1CCN(CC2CCC(=O)N2)CC1. The molecular formula is C12H23N3O. The fourth-order valence-corrected chi connectivity index (χ4v) is 2.79. The molecule has 92 valence electrons. The van der Waals surface area contributed by atoms with E-state index in [0.717, 1.165) is 26.1 Å². The summed E-state index contributed by atoms with van der Waals surface area (Å²) in [5, 5.41) is 3.03. The average molecular weight is 225 g/mol. The van der Waals surface area contributed by atoms with Gasteiger partial charge in [-0.05, 0) is 45.2 Å². The van der Waals surface area contributed by atoms with Gasteiger partial charge < -0.3 is 16.0 Å². The zero-order valence-electron chi connectivity index (χ0n) is 10.1. The smallest absolute Gasteiger partial charge is 0.220 e. The van der Waals surface area contributed by atoms with E-state index in [1.807, 2.05) is 0 Å². The highest BCUT2D eigenvalue weighted by molar-refractivity contribution is 5.78. The molecule has 0 spiro atoms. The number of hydrogen-bond acceptors (Lipinski definition) is 3. The van der Waals surface area contributed by atoms with Crippen molar-refractivity contribution in [2.24, 2.45) is 11.7 Å². The van der Waals surface area contributed by atoms with Gasteiger partial charge in [0.25, 0.3) is 0 Å². The van der Waals surface area contributed by atoms with Crippen molar-refractivity contribution >= 4 is 5.91 Å². The fraction of sp³-hybridized carbons (Fsp3) is 0.917. The van der Waals surface area contributed by atoms with Crippen LogP contribution in [0.2, 0.25) is 0 Å². The van der Waals surface area contributed by atoms with Crippen molar-refractivity contribution in [3.8, 4) is 0 Å². The number of nitrogens with two attached hydrogens (primary N) is 1. The Hall–Kier alpha value is -0.610. The van der Waals surface area contributed by atoms with Crippen LogP contribution in [0.3, 0.4) is 0 Å². The van der Waals surface area contributed by atoms with E-state index in [0.29, 0.717) is 24.4 Å². The lowest BCUT2D eigenvalue weighted by Gasteiger charge is -2.34. The van der Waals surface area contributed by atoms with Crippen LogP contribution >= 0.6 is 0 Å². The van der Waals surface area contributed by atoms with Gasteiger partial charge in [-0.15, -0.1) is 0 Å². The van der Waals surface area contributed by atoms with Gasteiger partial charge in [0.05, 0.1) is 0 Å². The van der Waals surface area contributed by atoms with E-state index in [4.69, 9.17) is 5.73 Å². The second kappa shape index (κ2) is 5.15. The monoisotopic (exact) mass is 225 g/mol. The van der Waals surface area contributed by atoms with Crippen molar-refractivity contribution in [3.05, 3.63) is 0 Å². The molecule has 2 atom stereocenters. The third-order valence-corrected chi connectivity index (χ3v) is 3.94. The Bertz CT molecular complexity index is 247. The first-order chi connectivity index (χ1) is 7.65. The zero-order valence-corrected chi connectivity index (χ0v) is 10.1. The van der Waals surface area contributed by atoms with E-state index in [1.54, 1.807) is 0 Å². The Morgan fingerprint density at radius 3 is 2.62 bits per heavy atom. The molecule has 2 aliphatic rings. The van der Waals surface area contributed by atoms with Gasteiger partial charge in [0.15, 0.2) is 0 Å². The van der Waals surface area contributed by atoms with Gasteiger partial charge >= 0.3 is 0 Å². The van der Waals surface area contributed by atoms with Crippen molar-refractivity contribution in [2.75, 3.05) is 19.6 Å². The van der Waals surface area contributed by atoms with Crippen molar-refractivity contribution in [3.63, 3.8) is 0 Å². The van der Waals surface area contributed by atoms with Gasteiger partial charge in [0.2, 0.25) is 5.91 Å². The number of carbonyl (C=O) groups is 1.